The van der Waals surface area contributed by atoms with Gasteiger partial charge in [0.1, 0.15) is 5.58 Å². The lowest BCUT2D eigenvalue weighted by Gasteiger charge is -2.12. The number of benzene rings is 2. The number of furan rings is 1. The van der Waals surface area contributed by atoms with Crippen molar-refractivity contribution in [2.24, 2.45) is 0 Å². The van der Waals surface area contributed by atoms with E-state index in [1.54, 1.807) is 48.8 Å². The Morgan fingerprint density at radius 3 is 2.45 bits per heavy atom. The van der Waals surface area contributed by atoms with Gasteiger partial charge >= 0.3 is 0 Å². The van der Waals surface area contributed by atoms with E-state index in [9.17, 15) is 16.8 Å². The predicted molar refractivity (Wildman–Crippen MR) is 114 cm³/mol. The van der Waals surface area contributed by atoms with E-state index in [2.05, 4.69) is 9.71 Å². The van der Waals surface area contributed by atoms with Gasteiger partial charge in [-0.25, -0.2) is 13.4 Å². The summed E-state index contributed by atoms with van der Waals surface area (Å²) >= 11 is 6.01. The number of rotatable bonds is 6. The maximum Gasteiger partial charge on any atom is 0.295 e. The summed E-state index contributed by atoms with van der Waals surface area (Å²) < 4.78 is 59.4. The summed E-state index contributed by atoms with van der Waals surface area (Å²) in [7, 11) is -8.07. The molecular formula is C20H17ClN2O6S2. The Morgan fingerprint density at radius 2 is 1.74 bits per heavy atom. The second-order valence-corrected chi connectivity index (χ2v) is 10.5. The molecule has 2 aromatic carbocycles. The van der Waals surface area contributed by atoms with Crippen LogP contribution in [0.2, 0.25) is 5.02 Å². The standard InChI is InChI=1S/C20H15ClN2O5S2.H2O/c21-16-7-8-19(29(24,25)13-14-4-3-9-22-12-14)17(11-16)23-30(26,27)20-10-15-5-1-2-6-18(15)28-20;/h1-12,23H,13H2;1H2. The van der Waals surface area contributed by atoms with Gasteiger partial charge in [-0.3, -0.25) is 4.72 Å². The molecule has 8 nitrogen and oxygen atoms in total. The van der Waals surface area contributed by atoms with Crippen molar-refractivity contribution < 1.29 is 31.7 Å². The first-order valence-corrected chi connectivity index (χ1v) is 12.2. The number of hydrogen-bond donors (Lipinski definition) is 1. The van der Waals surface area contributed by atoms with Crippen LogP contribution in [0.3, 0.4) is 0 Å². The van der Waals surface area contributed by atoms with Crippen LogP contribution in [0.25, 0.3) is 11.0 Å². The normalized spacial score (nSPS) is 11.8. The van der Waals surface area contributed by atoms with Crippen molar-refractivity contribution in [1.29, 1.82) is 0 Å². The Labute approximate surface area is 183 Å². The van der Waals surface area contributed by atoms with E-state index in [0.29, 0.717) is 16.5 Å². The highest BCUT2D eigenvalue weighted by atomic mass is 35.5. The third-order valence-corrected chi connectivity index (χ3v) is 7.51. The van der Waals surface area contributed by atoms with Gasteiger partial charge in [0.2, 0.25) is 5.09 Å². The molecule has 0 aliphatic carbocycles. The first-order chi connectivity index (χ1) is 14.2. The van der Waals surface area contributed by atoms with E-state index in [4.69, 9.17) is 16.0 Å². The molecule has 11 heteroatoms. The molecule has 0 atom stereocenters. The second-order valence-electron chi connectivity index (χ2n) is 6.52. The van der Waals surface area contributed by atoms with Crippen LogP contribution in [0.4, 0.5) is 5.69 Å². The first-order valence-electron chi connectivity index (χ1n) is 8.73. The molecule has 0 fully saturated rings. The van der Waals surface area contributed by atoms with Crippen LogP contribution < -0.4 is 9.71 Å². The molecule has 162 valence electrons. The fraction of sp³-hybridized carbons (Fsp3) is 0.0500. The van der Waals surface area contributed by atoms with Gasteiger partial charge in [-0.1, -0.05) is 29.8 Å². The fourth-order valence-electron chi connectivity index (χ4n) is 2.96. The van der Waals surface area contributed by atoms with Gasteiger partial charge in [0, 0.05) is 28.1 Å². The van der Waals surface area contributed by atoms with Crippen molar-refractivity contribution in [3.05, 3.63) is 83.6 Å². The first kappa shape index (κ1) is 22.8. The summed E-state index contributed by atoms with van der Waals surface area (Å²) in [6.07, 6.45) is 3.22. The highest BCUT2D eigenvalue weighted by Crippen LogP contribution is 2.31. The number of hydrogen-bond acceptors (Lipinski definition) is 6. The number of halogens is 1. The minimum atomic E-state index is -4.19. The Morgan fingerprint density at radius 1 is 0.968 bits per heavy atom. The summed E-state index contributed by atoms with van der Waals surface area (Å²) in [4.78, 5) is 2.64. The number of para-hydroxylation sites is 1. The summed E-state index contributed by atoms with van der Waals surface area (Å²) in [5.74, 6) is -0.314. The number of aromatic nitrogens is 1. The second kappa shape index (κ2) is 8.67. The van der Waals surface area contributed by atoms with Crippen molar-refractivity contribution in [3.63, 3.8) is 0 Å². The van der Waals surface area contributed by atoms with E-state index in [0.717, 1.165) is 0 Å². The molecule has 31 heavy (non-hydrogen) atoms. The topological polar surface area (TPSA) is 138 Å². The molecule has 0 unspecified atom stereocenters. The van der Waals surface area contributed by atoms with E-state index in [1.807, 2.05) is 0 Å². The zero-order valence-electron chi connectivity index (χ0n) is 15.8. The summed E-state index contributed by atoms with van der Waals surface area (Å²) in [5, 5.41) is 0.464. The molecule has 0 saturated heterocycles. The smallest absolute Gasteiger partial charge is 0.295 e. The molecule has 2 heterocycles. The number of aromatic amines is 1. The highest BCUT2D eigenvalue weighted by molar-refractivity contribution is 7.93. The van der Waals surface area contributed by atoms with E-state index >= 15 is 0 Å². The number of fused-ring (bicyclic) bond motifs is 1. The average molecular weight is 481 g/mol. The number of anilines is 1. The van der Waals surface area contributed by atoms with Crippen LogP contribution in [0.15, 0.2) is 87.5 Å². The maximum atomic E-state index is 13.0. The number of sulfonamides is 1. The third-order valence-electron chi connectivity index (χ3n) is 4.32. The lowest BCUT2D eigenvalue weighted by Crippen LogP contribution is -2.16. The Hall–Kier alpha value is -2.92. The molecule has 4 rings (SSSR count). The number of sulfone groups is 1. The Bertz CT molecular complexity index is 1400. The molecule has 4 aromatic rings. The zero-order chi connectivity index (χ0) is 21.4. The molecule has 0 aliphatic heterocycles. The van der Waals surface area contributed by atoms with Gasteiger partial charge in [0.15, 0.2) is 22.2 Å². The quantitative estimate of drug-likeness (QED) is 0.448. The number of nitrogens with one attached hydrogen (secondary N) is 2. The maximum absolute atomic E-state index is 13.0. The lowest BCUT2D eigenvalue weighted by molar-refractivity contribution is -0.378. The van der Waals surface area contributed by atoms with E-state index in [-0.39, 0.29) is 31.9 Å². The van der Waals surface area contributed by atoms with Gasteiger partial charge in [-0.05, 0) is 30.3 Å². The van der Waals surface area contributed by atoms with Crippen molar-refractivity contribution in [2.75, 3.05) is 4.72 Å². The molecule has 0 amide bonds. The van der Waals surface area contributed by atoms with Gasteiger partial charge in [0.05, 0.1) is 16.3 Å². The van der Waals surface area contributed by atoms with Crippen molar-refractivity contribution in [3.8, 4) is 0 Å². The molecule has 0 aliphatic rings. The van der Waals surface area contributed by atoms with Crippen molar-refractivity contribution in [2.45, 2.75) is 15.7 Å². The fourth-order valence-corrected chi connectivity index (χ4v) is 5.73. The molecule has 0 saturated carbocycles. The number of H-pyrrole nitrogens is 1. The molecular weight excluding hydrogens is 464 g/mol. The van der Waals surface area contributed by atoms with E-state index < -0.39 is 19.9 Å². The van der Waals surface area contributed by atoms with Gasteiger partial charge in [-0.2, -0.15) is 8.42 Å². The van der Waals surface area contributed by atoms with E-state index in [1.165, 1.54) is 24.3 Å². The van der Waals surface area contributed by atoms with Gasteiger partial charge < -0.3 is 9.89 Å². The summed E-state index contributed by atoms with van der Waals surface area (Å²) in [6, 6.07) is 15.5. The largest absolute Gasteiger partial charge is 0.870 e. The van der Waals surface area contributed by atoms with Gasteiger partial charge in [0.25, 0.3) is 10.0 Å². The molecule has 0 radical (unpaired) electrons. The van der Waals surface area contributed by atoms with Crippen LogP contribution >= 0.6 is 11.6 Å². The van der Waals surface area contributed by atoms with Crippen LogP contribution in [0.5, 0.6) is 0 Å². The van der Waals surface area contributed by atoms with Crippen LogP contribution in [0, 0.1) is 0 Å². The van der Waals surface area contributed by atoms with Crippen molar-refractivity contribution in [1.82, 2.24) is 0 Å². The monoisotopic (exact) mass is 480 g/mol. The lowest BCUT2D eigenvalue weighted by atomic mass is 10.3. The number of pyridine rings is 1. The predicted octanol–water partition coefficient (Wildman–Crippen LogP) is 3.50. The van der Waals surface area contributed by atoms with Crippen LogP contribution in [-0.2, 0) is 25.6 Å². The summed E-state index contributed by atoms with van der Waals surface area (Å²) in [5.41, 5.74) is 0.776. The Kier molecular flexibility index (Phi) is 6.37. The summed E-state index contributed by atoms with van der Waals surface area (Å²) in [6.45, 7) is 0. The van der Waals surface area contributed by atoms with Crippen LogP contribution in [-0.4, -0.2) is 22.3 Å². The SMILES string of the molecule is O=S(=O)(Cc1ccc[nH+]c1)c1ccc(Cl)cc1NS(=O)(=O)c1cc2ccccc2o1.[OH-]. The molecule has 2 aromatic heterocycles. The Balaban J connectivity index is 0.00000272. The average Bonchev–Trinajstić information content (AvgIpc) is 3.13. The minimum Gasteiger partial charge on any atom is -0.870 e. The van der Waals surface area contributed by atoms with Crippen molar-refractivity contribution >= 4 is 48.1 Å². The van der Waals surface area contributed by atoms with Crippen LogP contribution in [0.1, 0.15) is 5.56 Å². The zero-order valence-corrected chi connectivity index (χ0v) is 18.2. The highest BCUT2D eigenvalue weighted by Gasteiger charge is 2.26. The molecule has 0 bridgehead atoms. The molecule has 3 N–H and O–H groups in total. The molecule has 0 spiro atoms. The minimum absolute atomic E-state index is 0. The third kappa shape index (κ3) is 4.88. The van der Waals surface area contributed by atoms with Gasteiger partial charge in [-0.15, -0.1) is 0 Å².